The Balaban J connectivity index is 0. The number of halogens is 2. The Bertz CT molecular complexity index is 210. The Kier molecular flexibility index (Phi) is 7.28. The van der Waals surface area contributed by atoms with E-state index in [1.165, 1.54) is 0 Å². The molecule has 0 amide bonds. The summed E-state index contributed by atoms with van der Waals surface area (Å²) in [4.78, 5) is 8.15. The van der Waals surface area contributed by atoms with Crippen LogP contribution in [0.5, 0.6) is 0 Å². The molecule has 0 spiro atoms. The number of nitrogens with two attached hydrogens (primary N) is 1. The predicted octanol–water partition coefficient (Wildman–Crippen LogP) is 1.65. The van der Waals surface area contributed by atoms with Crippen LogP contribution in [0.25, 0.3) is 0 Å². The second-order valence-electron chi connectivity index (χ2n) is 2.37. The second-order valence-corrected chi connectivity index (χ2v) is 2.37. The lowest BCUT2D eigenvalue weighted by molar-refractivity contribution is 0.769. The largest absolute Gasteiger partial charge is 0.323 e. The van der Waals surface area contributed by atoms with E-state index < -0.39 is 0 Å². The van der Waals surface area contributed by atoms with Crippen molar-refractivity contribution in [3.63, 3.8) is 0 Å². The van der Waals surface area contributed by atoms with Crippen molar-refractivity contribution >= 4 is 24.8 Å². The van der Waals surface area contributed by atoms with E-state index in [0.717, 1.165) is 11.4 Å². The minimum atomic E-state index is -0.0203. The lowest BCUT2D eigenvalue weighted by Crippen LogP contribution is -2.07. The van der Waals surface area contributed by atoms with Crippen molar-refractivity contribution in [1.82, 2.24) is 9.97 Å². The summed E-state index contributed by atoms with van der Waals surface area (Å²) in [7, 11) is 0. The highest BCUT2D eigenvalue weighted by molar-refractivity contribution is 5.85. The van der Waals surface area contributed by atoms with Crippen molar-refractivity contribution in [2.75, 3.05) is 0 Å². The summed E-state index contributed by atoms with van der Waals surface area (Å²) in [5.74, 6) is 0. The summed E-state index contributed by atoms with van der Waals surface area (Å²) in [5.41, 5.74) is 7.32. The molecule has 1 aromatic rings. The first-order valence-electron chi connectivity index (χ1n) is 3.24. The lowest BCUT2D eigenvalue weighted by atomic mass is 10.3. The van der Waals surface area contributed by atoms with Gasteiger partial charge in [-0.3, -0.25) is 9.97 Å². The standard InChI is InChI=1S/C7H11N3.2ClH/c1-5-3-10-7(4-9-5)6(2)8;;/h3-4,6H,8H2,1-2H3;2*1H/t6-;;/m1../s1. The van der Waals surface area contributed by atoms with E-state index in [1.54, 1.807) is 12.4 Å². The lowest BCUT2D eigenvalue weighted by Gasteiger charge is -2.01. The van der Waals surface area contributed by atoms with Gasteiger partial charge in [0.1, 0.15) is 0 Å². The normalized spacial score (nSPS) is 10.9. The summed E-state index contributed by atoms with van der Waals surface area (Å²) < 4.78 is 0. The molecule has 0 unspecified atom stereocenters. The Morgan fingerprint density at radius 2 is 1.83 bits per heavy atom. The van der Waals surface area contributed by atoms with E-state index in [-0.39, 0.29) is 30.9 Å². The Morgan fingerprint density at radius 3 is 2.17 bits per heavy atom. The molecule has 0 fully saturated rings. The van der Waals surface area contributed by atoms with Crippen molar-refractivity contribution in [3.8, 4) is 0 Å². The predicted molar refractivity (Wildman–Crippen MR) is 53.9 cm³/mol. The first-order chi connectivity index (χ1) is 4.70. The summed E-state index contributed by atoms with van der Waals surface area (Å²) in [5, 5.41) is 0. The molecular weight excluding hydrogens is 197 g/mol. The number of aromatic nitrogens is 2. The first-order valence-corrected chi connectivity index (χ1v) is 3.24. The van der Waals surface area contributed by atoms with Crippen LogP contribution in [0.2, 0.25) is 0 Å². The summed E-state index contributed by atoms with van der Waals surface area (Å²) in [6.07, 6.45) is 3.43. The van der Waals surface area contributed by atoms with Crippen molar-refractivity contribution in [2.24, 2.45) is 5.73 Å². The smallest absolute Gasteiger partial charge is 0.0751 e. The van der Waals surface area contributed by atoms with Gasteiger partial charge in [0.2, 0.25) is 0 Å². The molecule has 2 N–H and O–H groups in total. The molecule has 0 saturated heterocycles. The number of rotatable bonds is 1. The van der Waals surface area contributed by atoms with Gasteiger partial charge in [-0.15, -0.1) is 24.8 Å². The van der Waals surface area contributed by atoms with Gasteiger partial charge in [-0.1, -0.05) is 0 Å². The highest BCUT2D eigenvalue weighted by atomic mass is 35.5. The molecule has 0 aliphatic heterocycles. The van der Waals surface area contributed by atoms with Gasteiger partial charge in [-0.05, 0) is 13.8 Å². The molecule has 5 heteroatoms. The van der Waals surface area contributed by atoms with Crippen molar-refractivity contribution < 1.29 is 0 Å². The van der Waals surface area contributed by atoms with Gasteiger partial charge < -0.3 is 5.73 Å². The van der Waals surface area contributed by atoms with Crippen LogP contribution in [0.4, 0.5) is 0 Å². The highest BCUT2D eigenvalue weighted by Crippen LogP contribution is 2.02. The minimum absolute atomic E-state index is 0. The summed E-state index contributed by atoms with van der Waals surface area (Å²) in [6.45, 7) is 3.79. The maximum Gasteiger partial charge on any atom is 0.0751 e. The van der Waals surface area contributed by atoms with Gasteiger partial charge in [0.25, 0.3) is 0 Å². The number of hydrogen-bond donors (Lipinski definition) is 1. The van der Waals surface area contributed by atoms with Crippen LogP contribution in [-0.2, 0) is 0 Å². The van der Waals surface area contributed by atoms with Crippen LogP contribution < -0.4 is 5.73 Å². The molecule has 1 aromatic heterocycles. The molecular formula is C7H13Cl2N3. The van der Waals surface area contributed by atoms with Crippen LogP contribution in [0.3, 0.4) is 0 Å². The SMILES string of the molecule is Cc1cnc([C@@H](C)N)cn1.Cl.Cl. The fourth-order valence-corrected chi connectivity index (χ4v) is 0.638. The maximum atomic E-state index is 5.56. The number of aryl methyl sites for hydroxylation is 1. The molecule has 0 saturated carbocycles. The monoisotopic (exact) mass is 209 g/mol. The minimum Gasteiger partial charge on any atom is -0.323 e. The topological polar surface area (TPSA) is 51.8 Å². The average molecular weight is 210 g/mol. The van der Waals surface area contributed by atoms with Crippen molar-refractivity contribution in [3.05, 3.63) is 23.8 Å². The van der Waals surface area contributed by atoms with Gasteiger partial charge in [-0.2, -0.15) is 0 Å². The van der Waals surface area contributed by atoms with Gasteiger partial charge >= 0.3 is 0 Å². The van der Waals surface area contributed by atoms with Crippen LogP contribution >= 0.6 is 24.8 Å². The van der Waals surface area contributed by atoms with Crippen LogP contribution in [0.15, 0.2) is 12.4 Å². The third kappa shape index (κ3) is 3.85. The van der Waals surface area contributed by atoms with E-state index in [0.29, 0.717) is 0 Å². The van der Waals surface area contributed by atoms with Crippen molar-refractivity contribution in [1.29, 1.82) is 0 Å². The van der Waals surface area contributed by atoms with Crippen LogP contribution in [0, 0.1) is 6.92 Å². The van der Waals surface area contributed by atoms with E-state index >= 15 is 0 Å². The molecule has 0 aliphatic rings. The fraction of sp³-hybridized carbons (Fsp3) is 0.429. The zero-order chi connectivity index (χ0) is 7.56. The third-order valence-corrected chi connectivity index (χ3v) is 1.27. The molecule has 1 atom stereocenters. The average Bonchev–Trinajstić information content (AvgIpc) is 1.88. The van der Waals surface area contributed by atoms with E-state index in [9.17, 15) is 0 Å². The number of nitrogens with zero attached hydrogens (tertiary/aromatic N) is 2. The van der Waals surface area contributed by atoms with E-state index in [4.69, 9.17) is 5.73 Å². The Hall–Kier alpha value is -0.380. The number of hydrogen-bond acceptors (Lipinski definition) is 3. The molecule has 0 aromatic carbocycles. The van der Waals surface area contributed by atoms with Gasteiger partial charge in [-0.25, -0.2) is 0 Å². The second kappa shape index (κ2) is 6.17. The van der Waals surface area contributed by atoms with Crippen molar-refractivity contribution in [2.45, 2.75) is 19.9 Å². The highest BCUT2D eigenvalue weighted by Gasteiger charge is 1.98. The molecule has 12 heavy (non-hydrogen) atoms. The van der Waals surface area contributed by atoms with E-state index in [2.05, 4.69) is 9.97 Å². The summed E-state index contributed by atoms with van der Waals surface area (Å²) >= 11 is 0. The Labute approximate surface area is 84.6 Å². The maximum absolute atomic E-state index is 5.56. The quantitative estimate of drug-likeness (QED) is 0.766. The molecule has 70 valence electrons. The fourth-order valence-electron chi connectivity index (χ4n) is 0.638. The molecule has 1 rings (SSSR count). The Morgan fingerprint density at radius 1 is 1.25 bits per heavy atom. The zero-order valence-electron chi connectivity index (χ0n) is 7.02. The molecule has 0 bridgehead atoms. The molecule has 0 radical (unpaired) electrons. The zero-order valence-corrected chi connectivity index (χ0v) is 8.65. The first kappa shape index (κ1) is 14.2. The van der Waals surface area contributed by atoms with Crippen LogP contribution in [-0.4, -0.2) is 9.97 Å². The third-order valence-electron chi connectivity index (χ3n) is 1.27. The van der Waals surface area contributed by atoms with Crippen LogP contribution in [0.1, 0.15) is 24.4 Å². The molecule has 1 heterocycles. The molecule has 0 aliphatic carbocycles. The molecule has 3 nitrogen and oxygen atoms in total. The van der Waals surface area contributed by atoms with Gasteiger partial charge in [0.15, 0.2) is 0 Å². The van der Waals surface area contributed by atoms with Gasteiger partial charge in [0, 0.05) is 12.2 Å². The van der Waals surface area contributed by atoms with E-state index in [1.807, 2.05) is 13.8 Å². The van der Waals surface area contributed by atoms with Gasteiger partial charge in [0.05, 0.1) is 17.6 Å². The summed E-state index contributed by atoms with van der Waals surface area (Å²) in [6, 6.07) is -0.0203.